The minimum atomic E-state index is -1.63. The van der Waals surface area contributed by atoms with Gasteiger partial charge in [0.2, 0.25) is 0 Å². The zero-order chi connectivity index (χ0) is 54.8. The molecule has 0 bridgehead atoms. The number of unbranched alkanes of at least 4 members (excludes halogenated alkanes) is 36. The van der Waals surface area contributed by atoms with Crippen molar-refractivity contribution in [3.8, 4) is 0 Å². The Labute approximate surface area is 463 Å². The van der Waals surface area contributed by atoms with Crippen molar-refractivity contribution in [3.63, 3.8) is 0 Å². The normalized spacial score (nSPS) is 13.0. The minimum absolute atomic E-state index is 0.142. The lowest BCUT2D eigenvalue weighted by Gasteiger charge is -2.26. The molecule has 0 aromatic heterocycles. The van der Waals surface area contributed by atoms with Gasteiger partial charge in [-0.1, -0.05) is 262 Å². The van der Waals surface area contributed by atoms with E-state index in [-0.39, 0.29) is 38.6 Å². The number of carboxylic acids is 1. The first-order chi connectivity index (χ1) is 36.6. The standard InChI is InChI=1S/C66H121NO8/c1-6-8-10-12-14-16-18-20-21-22-23-24-25-26-27-28-29-30-31-32-33-34-35-36-37-38-39-40-41-42-43-45-46-48-50-52-54-56-63(68)73-60-62(61-74-66(65(70)71)72-59-58-67(3,4)5)75-64(69)57-55-53-51-49-47-44-19-17-15-13-11-9-7-2/h9,11,15,17,22-23,44,47,62,66H,6-8,10,12-14,16,18-21,24-43,45-46,48-61H2,1-5H3/b11-9-,17-15-,23-22-,47-44-. The molecule has 2 unspecified atom stereocenters. The van der Waals surface area contributed by atoms with Gasteiger partial charge in [-0.15, -0.1) is 0 Å². The maximum atomic E-state index is 12.8. The quantitative estimate of drug-likeness (QED) is 0.0195. The number of carbonyl (C=O) groups is 3. The van der Waals surface area contributed by atoms with Crippen molar-refractivity contribution in [1.82, 2.24) is 0 Å². The van der Waals surface area contributed by atoms with E-state index >= 15 is 0 Å². The molecule has 0 aromatic carbocycles. The lowest BCUT2D eigenvalue weighted by Crippen LogP contribution is -2.44. The van der Waals surface area contributed by atoms with Gasteiger partial charge in [0.15, 0.2) is 12.4 Å². The Morgan fingerprint density at radius 3 is 1.16 bits per heavy atom. The van der Waals surface area contributed by atoms with Crippen LogP contribution in [0, 0.1) is 0 Å². The van der Waals surface area contributed by atoms with Crippen LogP contribution >= 0.6 is 0 Å². The van der Waals surface area contributed by atoms with E-state index in [0.717, 1.165) is 57.8 Å². The van der Waals surface area contributed by atoms with Gasteiger partial charge in [-0.25, -0.2) is 0 Å². The average molecular weight is 1060 g/mol. The second-order valence-corrected chi connectivity index (χ2v) is 22.7. The van der Waals surface area contributed by atoms with Crippen LogP contribution in [0.25, 0.3) is 0 Å². The maximum Gasteiger partial charge on any atom is 0.306 e. The number of allylic oxidation sites excluding steroid dienone is 8. The van der Waals surface area contributed by atoms with Crippen LogP contribution in [0.5, 0.6) is 0 Å². The molecular weight excluding hydrogens is 935 g/mol. The number of likely N-dealkylation sites (N-methyl/N-ethyl adjacent to an activating group) is 1. The van der Waals surface area contributed by atoms with E-state index in [1.165, 1.54) is 205 Å². The van der Waals surface area contributed by atoms with Crippen LogP contribution in [-0.2, 0) is 33.3 Å². The number of ether oxygens (including phenoxy) is 4. The number of quaternary nitrogens is 1. The van der Waals surface area contributed by atoms with Gasteiger partial charge in [0.25, 0.3) is 0 Å². The third kappa shape index (κ3) is 58.8. The summed E-state index contributed by atoms with van der Waals surface area (Å²) in [6.07, 6.45) is 69.4. The number of esters is 2. The molecule has 0 rings (SSSR count). The monoisotopic (exact) mass is 1060 g/mol. The van der Waals surface area contributed by atoms with Gasteiger partial charge < -0.3 is 33.3 Å². The molecule has 0 spiro atoms. The van der Waals surface area contributed by atoms with Gasteiger partial charge in [-0.3, -0.25) is 9.59 Å². The molecule has 9 heteroatoms. The van der Waals surface area contributed by atoms with Crippen LogP contribution in [0.4, 0.5) is 0 Å². The predicted molar refractivity (Wildman–Crippen MR) is 315 cm³/mol. The van der Waals surface area contributed by atoms with Gasteiger partial charge >= 0.3 is 11.9 Å². The van der Waals surface area contributed by atoms with Crippen molar-refractivity contribution in [3.05, 3.63) is 48.6 Å². The van der Waals surface area contributed by atoms with Crippen LogP contribution < -0.4 is 5.11 Å². The average Bonchev–Trinajstić information content (AvgIpc) is 3.38. The van der Waals surface area contributed by atoms with Crippen molar-refractivity contribution in [2.24, 2.45) is 0 Å². The van der Waals surface area contributed by atoms with Gasteiger partial charge in [-0.2, -0.15) is 0 Å². The highest BCUT2D eigenvalue weighted by Gasteiger charge is 2.22. The summed E-state index contributed by atoms with van der Waals surface area (Å²) >= 11 is 0. The molecule has 2 atom stereocenters. The summed E-state index contributed by atoms with van der Waals surface area (Å²) < 4.78 is 22.6. The summed E-state index contributed by atoms with van der Waals surface area (Å²) in [6, 6.07) is 0. The molecule has 0 saturated heterocycles. The summed E-state index contributed by atoms with van der Waals surface area (Å²) in [6.45, 7) is 4.62. The van der Waals surface area contributed by atoms with Crippen LogP contribution in [0.3, 0.4) is 0 Å². The first-order valence-electron chi connectivity index (χ1n) is 31.8. The van der Waals surface area contributed by atoms with E-state index in [1.54, 1.807) is 0 Å². The summed E-state index contributed by atoms with van der Waals surface area (Å²) in [5, 5.41) is 11.7. The third-order valence-corrected chi connectivity index (χ3v) is 14.1. The number of hydrogen-bond acceptors (Lipinski definition) is 8. The molecule has 0 amide bonds. The molecule has 0 aliphatic heterocycles. The Kier molecular flexibility index (Phi) is 55.3. The summed E-state index contributed by atoms with van der Waals surface area (Å²) in [7, 11) is 5.91. The van der Waals surface area contributed by atoms with E-state index in [2.05, 4.69) is 62.5 Å². The van der Waals surface area contributed by atoms with E-state index in [1.807, 2.05) is 21.1 Å². The third-order valence-electron chi connectivity index (χ3n) is 14.1. The Morgan fingerprint density at radius 1 is 0.413 bits per heavy atom. The molecular formula is C66H121NO8. The van der Waals surface area contributed by atoms with Gasteiger partial charge in [0, 0.05) is 12.8 Å². The maximum absolute atomic E-state index is 12.8. The van der Waals surface area contributed by atoms with Crippen LogP contribution in [0.1, 0.15) is 296 Å². The van der Waals surface area contributed by atoms with Crippen molar-refractivity contribution in [2.45, 2.75) is 309 Å². The molecule has 0 N–H and O–H groups in total. The highest BCUT2D eigenvalue weighted by atomic mass is 16.7. The van der Waals surface area contributed by atoms with Crippen molar-refractivity contribution < 1.29 is 42.9 Å². The molecule has 75 heavy (non-hydrogen) atoms. The topological polar surface area (TPSA) is 111 Å². The Hall–Kier alpha value is -2.75. The molecule has 0 aromatic rings. The number of carbonyl (C=O) groups excluding carboxylic acids is 3. The molecule has 0 fully saturated rings. The first kappa shape index (κ1) is 72.2. The zero-order valence-electron chi connectivity index (χ0n) is 49.9. The van der Waals surface area contributed by atoms with E-state index in [4.69, 9.17) is 18.9 Å². The fourth-order valence-electron chi connectivity index (χ4n) is 9.20. The Morgan fingerprint density at radius 2 is 0.760 bits per heavy atom. The first-order valence-corrected chi connectivity index (χ1v) is 31.8. The van der Waals surface area contributed by atoms with E-state index in [0.29, 0.717) is 17.4 Å². The molecule has 0 radical (unpaired) electrons. The van der Waals surface area contributed by atoms with Crippen molar-refractivity contribution in [1.29, 1.82) is 0 Å². The molecule has 0 aliphatic carbocycles. The van der Waals surface area contributed by atoms with Gasteiger partial charge in [0.05, 0.1) is 40.3 Å². The largest absolute Gasteiger partial charge is 0.545 e. The fraction of sp³-hybridized carbons (Fsp3) is 0.833. The van der Waals surface area contributed by atoms with Gasteiger partial charge in [-0.05, 0) is 70.6 Å². The SMILES string of the molecule is CC/C=C\C/C=C\C/C=C\CCCCCC(=O)OC(COC(=O)CCCCCCCCCCCCCCCCCCCCCCCCCCC/C=C\CCCCCCCCCC)COC(OCC[N+](C)(C)C)C(=O)[O-]. The number of aliphatic carboxylic acids is 1. The fourth-order valence-corrected chi connectivity index (χ4v) is 9.20. The van der Waals surface area contributed by atoms with Gasteiger partial charge in [0.1, 0.15) is 13.2 Å². The van der Waals surface area contributed by atoms with Crippen LogP contribution in [0.15, 0.2) is 48.6 Å². The molecule has 0 aliphatic rings. The van der Waals surface area contributed by atoms with Crippen LogP contribution in [0.2, 0.25) is 0 Å². The smallest absolute Gasteiger partial charge is 0.306 e. The second kappa shape index (κ2) is 57.4. The number of hydrogen-bond donors (Lipinski definition) is 0. The highest BCUT2D eigenvalue weighted by Crippen LogP contribution is 2.18. The van der Waals surface area contributed by atoms with E-state index in [9.17, 15) is 19.5 Å². The minimum Gasteiger partial charge on any atom is -0.545 e. The lowest BCUT2D eigenvalue weighted by molar-refractivity contribution is -0.870. The number of rotatable bonds is 59. The Bertz CT molecular complexity index is 1370. The van der Waals surface area contributed by atoms with Crippen molar-refractivity contribution >= 4 is 17.9 Å². The highest BCUT2D eigenvalue weighted by molar-refractivity contribution is 5.70. The van der Waals surface area contributed by atoms with Crippen molar-refractivity contribution in [2.75, 3.05) is 47.5 Å². The summed E-state index contributed by atoms with van der Waals surface area (Å²) in [4.78, 5) is 37.2. The predicted octanol–water partition coefficient (Wildman–Crippen LogP) is 17.7. The van der Waals surface area contributed by atoms with Crippen LogP contribution in [-0.4, -0.2) is 82.3 Å². The van der Waals surface area contributed by atoms with E-state index < -0.39 is 24.3 Å². The number of nitrogens with zero attached hydrogens (tertiary/aromatic N) is 1. The Balaban J connectivity index is 3.93. The molecule has 438 valence electrons. The molecule has 9 nitrogen and oxygen atoms in total. The summed E-state index contributed by atoms with van der Waals surface area (Å²) in [5.74, 6) is -2.31. The number of carboxylic acid groups (broad SMARTS) is 1. The lowest BCUT2D eigenvalue weighted by atomic mass is 10.0. The summed E-state index contributed by atoms with van der Waals surface area (Å²) in [5.41, 5.74) is 0. The zero-order valence-corrected chi connectivity index (χ0v) is 49.9. The molecule has 0 heterocycles. The second-order valence-electron chi connectivity index (χ2n) is 22.7. The molecule has 0 saturated carbocycles.